The van der Waals surface area contributed by atoms with E-state index in [4.69, 9.17) is 10.5 Å². The molecular formula is C23H32FIN4O2. The first-order valence-corrected chi connectivity index (χ1v) is 10.0. The summed E-state index contributed by atoms with van der Waals surface area (Å²) in [6.07, 6.45) is 0.495. The van der Waals surface area contributed by atoms with Gasteiger partial charge in [-0.1, -0.05) is 24.3 Å². The highest BCUT2D eigenvalue weighted by atomic mass is 127. The molecule has 170 valence electrons. The predicted octanol–water partition coefficient (Wildman–Crippen LogP) is 3.55. The van der Waals surface area contributed by atoms with E-state index >= 15 is 0 Å². The Labute approximate surface area is 200 Å². The number of benzene rings is 2. The van der Waals surface area contributed by atoms with E-state index in [9.17, 15) is 9.18 Å². The Kier molecular flexibility index (Phi) is 11.3. The predicted molar refractivity (Wildman–Crippen MR) is 133 cm³/mol. The molecule has 0 saturated carbocycles. The van der Waals surface area contributed by atoms with Gasteiger partial charge in [0.25, 0.3) is 0 Å². The number of hydrogen-bond donors (Lipinski definition) is 3. The van der Waals surface area contributed by atoms with Gasteiger partial charge in [0.2, 0.25) is 5.91 Å². The fourth-order valence-electron chi connectivity index (χ4n) is 2.97. The molecule has 0 radical (unpaired) electrons. The van der Waals surface area contributed by atoms with Gasteiger partial charge in [0.05, 0.1) is 12.0 Å². The molecule has 2 aromatic carbocycles. The number of nitrogens with zero attached hydrogens (tertiary/aromatic N) is 1. The second-order valence-corrected chi connectivity index (χ2v) is 7.51. The van der Waals surface area contributed by atoms with Gasteiger partial charge in [-0.15, -0.1) is 24.0 Å². The maximum absolute atomic E-state index is 13.1. The van der Waals surface area contributed by atoms with Crippen LogP contribution in [-0.4, -0.2) is 31.6 Å². The van der Waals surface area contributed by atoms with Crippen LogP contribution in [0.25, 0.3) is 0 Å². The molecule has 1 atom stereocenters. The van der Waals surface area contributed by atoms with E-state index in [-0.39, 0.29) is 35.9 Å². The summed E-state index contributed by atoms with van der Waals surface area (Å²) in [5.74, 6) is 0.200. The van der Waals surface area contributed by atoms with Crippen molar-refractivity contribution in [1.82, 2.24) is 10.6 Å². The molecule has 0 fully saturated rings. The smallest absolute Gasteiger partial charge is 0.222 e. The average molecular weight is 542 g/mol. The summed E-state index contributed by atoms with van der Waals surface area (Å²) in [7, 11) is 1.66. The lowest BCUT2D eigenvalue weighted by Crippen LogP contribution is -2.42. The Morgan fingerprint density at radius 3 is 2.42 bits per heavy atom. The van der Waals surface area contributed by atoms with E-state index in [1.54, 1.807) is 19.2 Å². The van der Waals surface area contributed by atoms with Gasteiger partial charge in [-0.05, 0) is 56.5 Å². The molecule has 4 N–H and O–H groups in total. The molecule has 8 heteroatoms. The first-order chi connectivity index (χ1) is 14.3. The summed E-state index contributed by atoms with van der Waals surface area (Å²) in [5.41, 5.74) is 8.54. The Bertz CT molecular complexity index is 872. The van der Waals surface area contributed by atoms with Crippen molar-refractivity contribution in [3.63, 3.8) is 0 Å². The van der Waals surface area contributed by atoms with Crippen LogP contribution in [0.4, 0.5) is 4.39 Å². The van der Waals surface area contributed by atoms with E-state index in [0.29, 0.717) is 25.5 Å². The van der Waals surface area contributed by atoms with Gasteiger partial charge < -0.3 is 21.1 Å². The number of carbonyl (C=O) groups excluding carboxylic acids is 1. The molecule has 0 aliphatic heterocycles. The number of amides is 1. The van der Waals surface area contributed by atoms with Gasteiger partial charge in [0, 0.05) is 25.7 Å². The lowest BCUT2D eigenvalue weighted by Gasteiger charge is -2.19. The largest absolute Gasteiger partial charge is 0.491 e. The standard InChI is InChI=1S/C23H31FN4O2.HI/c1-15(2)30-21-11-16(3)5-8-18(21)13-27-23(26-4)28-14-19(22(25)29)12-17-6-9-20(24)10-7-17;/h5-11,15,19H,12-14H2,1-4H3,(H2,25,29)(H2,26,27,28);1H. The number of ether oxygens (including phenoxy) is 1. The minimum atomic E-state index is -0.451. The molecule has 2 aromatic rings. The zero-order chi connectivity index (χ0) is 22.1. The summed E-state index contributed by atoms with van der Waals surface area (Å²) in [6, 6.07) is 12.1. The summed E-state index contributed by atoms with van der Waals surface area (Å²) >= 11 is 0. The topological polar surface area (TPSA) is 88.7 Å². The van der Waals surface area contributed by atoms with Crippen molar-refractivity contribution in [1.29, 1.82) is 0 Å². The van der Waals surface area contributed by atoms with Crippen molar-refractivity contribution in [2.24, 2.45) is 16.6 Å². The van der Waals surface area contributed by atoms with Crippen molar-refractivity contribution >= 4 is 35.8 Å². The SMILES string of the molecule is CN=C(NCc1ccc(C)cc1OC(C)C)NCC(Cc1ccc(F)cc1)C(N)=O.I. The third kappa shape index (κ3) is 9.12. The Morgan fingerprint density at radius 2 is 1.84 bits per heavy atom. The number of guanidine groups is 1. The number of aliphatic imine (C=N–C) groups is 1. The van der Waals surface area contributed by atoms with Gasteiger partial charge >= 0.3 is 0 Å². The van der Waals surface area contributed by atoms with Gasteiger partial charge in [-0.2, -0.15) is 0 Å². The molecule has 0 aromatic heterocycles. The van der Waals surface area contributed by atoms with E-state index in [1.807, 2.05) is 39.0 Å². The van der Waals surface area contributed by atoms with E-state index in [2.05, 4.69) is 15.6 Å². The van der Waals surface area contributed by atoms with E-state index in [0.717, 1.165) is 22.4 Å². The number of nitrogens with two attached hydrogens (primary N) is 1. The normalized spacial score (nSPS) is 12.1. The highest BCUT2D eigenvalue weighted by Crippen LogP contribution is 2.21. The quantitative estimate of drug-likeness (QED) is 0.257. The van der Waals surface area contributed by atoms with Crippen molar-refractivity contribution in [2.75, 3.05) is 13.6 Å². The number of nitrogens with one attached hydrogen (secondary N) is 2. The van der Waals surface area contributed by atoms with Crippen LogP contribution in [0.2, 0.25) is 0 Å². The van der Waals surface area contributed by atoms with Crippen LogP contribution < -0.4 is 21.1 Å². The molecule has 0 bridgehead atoms. The van der Waals surface area contributed by atoms with Crippen LogP contribution in [0, 0.1) is 18.7 Å². The summed E-state index contributed by atoms with van der Waals surface area (Å²) in [6.45, 7) is 6.84. The van der Waals surface area contributed by atoms with Crippen LogP contribution in [0.1, 0.15) is 30.5 Å². The number of primary amides is 1. The fraction of sp³-hybridized carbons (Fsp3) is 0.391. The molecule has 0 heterocycles. The Balaban J connectivity index is 0.00000480. The zero-order valence-electron chi connectivity index (χ0n) is 18.4. The first kappa shape index (κ1) is 26.7. The maximum atomic E-state index is 13.1. The number of hydrogen-bond acceptors (Lipinski definition) is 3. The fourth-order valence-corrected chi connectivity index (χ4v) is 2.97. The summed E-state index contributed by atoms with van der Waals surface area (Å²) < 4.78 is 19.0. The molecule has 1 amide bonds. The highest BCUT2D eigenvalue weighted by molar-refractivity contribution is 14.0. The lowest BCUT2D eigenvalue weighted by atomic mass is 9.98. The second kappa shape index (κ2) is 13.1. The molecule has 0 saturated heterocycles. The molecule has 2 rings (SSSR count). The van der Waals surface area contributed by atoms with Gasteiger partial charge in [0.15, 0.2) is 5.96 Å². The van der Waals surface area contributed by atoms with Crippen LogP contribution in [0.3, 0.4) is 0 Å². The molecule has 31 heavy (non-hydrogen) atoms. The molecule has 6 nitrogen and oxygen atoms in total. The Morgan fingerprint density at radius 1 is 1.16 bits per heavy atom. The highest BCUT2D eigenvalue weighted by Gasteiger charge is 2.17. The van der Waals surface area contributed by atoms with Crippen molar-refractivity contribution < 1.29 is 13.9 Å². The average Bonchev–Trinajstić information content (AvgIpc) is 2.69. The number of rotatable bonds is 9. The van der Waals surface area contributed by atoms with Gasteiger partial charge in [-0.25, -0.2) is 4.39 Å². The van der Waals surface area contributed by atoms with Crippen LogP contribution >= 0.6 is 24.0 Å². The minimum Gasteiger partial charge on any atom is -0.491 e. The van der Waals surface area contributed by atoms with Crippen molar-refractivity contribution in [3.8, 4) is 5.75 Å². The number of halogens is 2. The molecule has 0 aliphatic carbocycles. The summed E-state index contributed by atoms with van der Waals surface area (Å²) in [5, 5.41) is 6.39. The Hall–Kier alpha value is -2.36. The minimum absolute atomic E-state index is 0. The number of aryl methyl sites for hydroxylation is 1. The monoisotopic (exact) mass is 542 g/mol. The summed E-state index contributed by atoms with van der Waals surface area (Å²) in [4.78, 5) is 16.1. The van der Waals surface area contributed by atoms with Gasteiger partial charge in [0.1, 0.15) is 11.6 Å². The maximum Gasteiger partial charge on any atom is 0.222 e. The van der Waals surface area contributed by atoms with Crippen molar-refractivity contribution in [3.05, 3.63) is 65.0 Å². The van der Waals surface area contributed by atoms with Gasteiger partial charge in [-0.3, -0.25) is 9.79 Å². The third-order valence-corrected chi connectivity index (χ3v) is 4.57. The van der Waals surface area contributed by atoms with Crippen LogP contribution in [0.15, 0.2) is 47.5 Å². The third-order valence-electron chi connectivity index (χ3n) is 4.57. The molecule has 1 unspecified atom stereocenters. The molecule has 0 aliphatic rings. The number of carbonyl (C=O) groups is 1. The van der Waals surface area contributed by atoms with E-state index in [1.165, 1.54) is 12.1 Å². The lowest BCUT2D eigenvalue weighted by molar-refractivity contribution is -0.121. The van der Waals surface area contributed by atoms with E-state index < -0.39 is 11.8 Å². The first-order valence-electron chi connectivity index (χ1n) is 10.0. The second-order valence-electron chi connectivity index (χ2n) is 7.51. The van der Waals surface area contributed by atoms with Crippen molar-refractivity contribution in [2.45, 2.75) is 39.8 Å². The zero-order valence-corrected chi connectivity index (χ0v) is 20.8. The molecule has 0 spiro atoms. The molecular weight excluding hydrogens is 510 g/mol. The van der Waals surface area contributed by atoms with Crippen LogP contribution in [0.5, 0.6) is 5.75 Å². The van der Waals surface area contributed by atoms with Crippen LogP contribution in [-0.2, 0) is 17.8 Å².